The van der Waals surface area contributed by atoms with Crippen LogP contribution < -0.4 is 10.6 Å². The minimum Gasteiger partial charge on any atom is -0.442 e. The number of halogens is 2. The van der Waals surface area contributed by atoms with Gasteiger partial charge in [0.15, 0.2) is 5.82 Å². The second kappa shape index (κ2) is 12.9. The van der Waals surface area contributed by atoms with E-state index in [1.807, 2.05) is 0 Å². The number of hydrogen-bond acceptors (Lipinski definition) is 12. The van der Waals surface area contributed by atoms with Crippen LogP contribution in [0.2, 0.25) is 0 Å². The van der Waals surface area contributed by atoms with Crippen LogP contribution in [0.3, 0.4) is 0 Å². The molecule has 1 fully saturated rings. The lowest BCUT2D eigenvalue weighted by Crippen LogP contribution is -2.43. The minimum absolute atomic E-state index is 0. The smallest absolute Gasteiger partial charge is 0.419 e. The van der Waals surface area contributed by atoms with Crippen LogP contribution >= 0.6 is 12.4 Å². The molecule has 0 aliphatic carbocycles. The third kappa shape index (κ3) is 7.06. The SMILES string of the molecule is CC(=O)N(C[C@H]1CN(c2ccc(-n3cc(Cn4cncn4)nn3)c(F)c2)C(=O)O1)C(=O)OC(C)OC(=O)CN.Cl. The molecule has 0 radical (unpaired) electrons. The zero-order chi connectivity index (χ0) is 28.1. The number of cyclic esters (lactones) is 1. The summed E-state index contributed by atoms with van der Waals surface area (Å²) in [6.45, 7) is 1.83. The summed E-state index contributed by atoms with van der Waals surface area (Å²) >= 11 is 0. The number of ether oxygens (including phenoxy) is 3. The van der Waals surface area contributed by atoms with Gasteiger partial charge in [-0.05, 0) is 18.2 Å². The Morgan fingerprint density at radius 1 is 1.30 bits per heavy atom. The molecule has 2 N–H and O–H groups in total. The summed E-state index contributed by atoms with van der Waals surface area (Å²) < 4.78 is 32.8. The standard InChI is InChI=1S/C22H24FN9O7.ClH/c1-13(33)30(21(35)38-14(2)37-20(34)6-24)9-17-10-31(22(36)39-17)16-3-4-19(18(23)5-16)32-8-15(27-28-32)7-29-12-25-11-26-29;/h3-5,8,11-12,14,17H,6-7,9-10,24H2,1-2H3;1H/t14?,17-;/m0./s1. The largest absolute Gasteiger partial charge is 0.442 e. The van der Waals surface area contributed by atoms with Crippen LogP contribution in [0.4, 0.5) is 19.7 Å². The van der Waals surface area contributed by atoms with Crippen molar-refractivity contribution in [2.24, 2.45) is 5.73 Å². The highest BCUT2D eigenvalue weighted by Gasteiger charge is 2.36. The maximum Gasteiger partial charge on any atom is 0.419 e. The van der Waals surface area contributed by atoms with Crippen molar-refractivity contribution in [3.8, 4) is 5.69 Å². The molecule has 16 nitrogen and oxygen atoms in total. The molecule has 3 heterocycles. The van der Waals surface area contributed by atoms with Gasteiger partial charge in [-0.1, -0.05) is 5.21 Å². The third-order valence-corrected chi connectivity index (χ3v) is 5.41. The van der Waals surface area contributed by atoms with Crippen LogP contribution in [-0.4, -0.2) is 90.7 Å². The zero-order valence-corrected chi connectivity index (χ0v) is 22.1. The number of imide groups is 1. The van der Waals surface area contributed by atoms with E-state index < -0.39 is 48.8 Å². The van der Waals surface area contributed by atoms with Crippen molar-refractivity contribution in [3.05, 3.63) is 48.6 Å². The number of carbonyl (C=O) groups is 4. The van der Waals surface area contributed by atoms with Gasteiger partial charge in [0.05, 0.1) is 38.1 Å². The highest BCUT2D eigenvalue weighted by atomic mass is 35.5. The topological polar surface area (TPSA) is 190 Å². The number of benzene rings is 1. The summed E-state index contributed by atoms with van der Waals surface area (Å²) in [4.78, 5) is 53.9. The summed E-state index contributed by atoms with van der Waals surface area (Å²) in [6.07, 6.45) is 0.272. The van der Waals surface area contributed by atoms with Gasteiger partial charge in [0, 0.05) is 13.8 Å². The normalized spacial score (nSPS) is 15.2. The molecule has 1 aliphatic rings. The van der Waals surface area contributed by atoms with E-state index in [4.69, 9.17) is 19.9 Å². The maximum absolute atomic E-state index is 15.0. The van der Waals surface area contributed by atoms with Gasteiger partial charge in [0.2, 0.25) is 12.2 Å². The van der Waals surface area contributed by atoms with Crippen molar-refractivity contribution in [1.29, 1.82) is 0 Å². The molecule has 2 atom stereocenters. The van der Waals surface area contributed by atoms with Gasteiger partial charge in [-0.2, -0.15) is 5.10 Å². The molecule has 1 aliphatic heterocycles. The second-order valence-electron chi connectivity index (χ2n) is 8.27. The molecule has 1 unspecified atom stereocenters. The fraction of sp³-hybridized carbons (Fsp3) is 0.364. The van der Waals surface area contributed by atoms with Gasteiger partial charge in [-0.25, -0.2) is 33.2 Å². The van der Waals surface area contributed by atoms with E-state index in [-0.39, 0.29) is 36.9 Å². The Labute approximate surface area is 232 Å². The Balaban J connectivity index is 0.00000441. The molecule has 0 bridgehead atoms. The number of amides is 3. The van der Waals surface area contributed by atoms with Gasteiger partial charge in [0.25, 0.3) is 0 Å². The van der Waals surface area contributed by atoms with E-state index in [9.17, 15) is 19.2 Å². The number of nitrogens with two attached hydrogens (primary N) is 1. The van der Waals surface area contributed by atoms with Gasteiger partial charge in [-0.15, -0.1) is 17.5 Å². The molecule has 3 amide bonds. The Kier molecular flexibility index (Phi) is 9.68. The molecular formula is C22H25ClFN9O7. The van der Waals surface area contributed by atoms with Crippen LogP contribution in [0.25, 0.3) is 5.69 Å². The van der Waals surface area contributed by atoms with Crippen LogP contribution in [0.15, 0.2) is 37.1 Å². The van der Waals surface area contributed by atoms with Crippen LogP contribution in [0.5, 0.6) is 0 Å². The van der Waals surface area contributed by atoms with Crippen molar-refractivity contribution >= 4 is 42.2 Å². The first kappa shape index (κ1) is 29.9. The Morgan fingerprint density at radius 3 is 2.73 bits per heavy atom. The first-order valence-electron chi connectivity index (χ1n) is 11.5. The van der Waals surface area contributed by atoms with E-state index >= 15 is 4.39 Å². The van der Waals surface area contributed by atoms with Crippen molar-refractivity contribution in [2.45, 2.75) is 32.8 Å². The van der Waals surface area contributed by atoms with E-state index in [0.717, 1.165) is 17.9 Å². The van der Waals surface area contributed by atoms with E-state index in [1.54, 1.807) is 0 Å². The van der Waals surface area contributed by atoms with Crippen LogP contribution in [-0.2, 0) is 30.3 Å². The highest BCUT2D eigenvalue weighted by Crippen LogP contribution is 2.26. The summed E-state index contributed by atoms with van der Waals surface area (Å²) in [6, 6.07) is 4.04. The summed E-state index contributed by atoms with van der Waals surface area (Å²) in [5.41, 5.74) is 5.95. The van der Waals surface area contributed by atoms with Crippen molar-refractivity contribution in [2.75, 3.05) is 24.5 Å². The summed E-state index contributed by atoms with van der Waals surface area (Å²) in [5.74, 6) is -2.19. The summed E-state index contributed by atoms with van der Waals surface area (Å²) in [7, 11) is 0. The monoisotopic (exact) mass is 581 g/mol. The molecule has 40 heavy (non-hydrogen) atoms. The molecule has 0 saturated carbocycles. The van der Waals surface area contributed by atoms with Crippen LogP contribution in [0.1, 0.15) is 19.5 Å². The van der Waals surface area contributed by atoms with Gasteiger partial charge >= 0.3 is 18.2 Å². The number of hydrogen-bond donors (Lipinski definition) is 1. The average molecular weight is 582 g/mol. The van der Waals surface area contributed by atoms with Crippen molar-refractivity contribution in [1.82, 2.24) is 34.7 Å². The van der Waals surface area contributed by atoms with Gasteiger partial charge in [0.1, 0.15) is 30.1 Å². The van der Waals surface area contributed by atoms with E-state index in [2.05, 4.69) is 20.4 Å². The van der Waals surface area contributed by atoms with Crippen molar-refractivity contribution < 1.29 is 37.8 Å². The van der Waals surface area contributed by atoms with E-state index in [0.29, 0.717) is 17.1 Å². The first-order chi connectivity index (χ1) is 18.6. The number of anilines is 1. The first-order valence-corrected chi connectivity index (χ1v) is 11.5. The highest BCUT2D eigenvalue weighted by molar-refractivity contribution is 5.92. The van der Waals surface area contributed by atoms with E-state index in [1.165, 1.54) is 47.3 Å². The molecule has 214 valence electrons. The number of aromatic nitrogens is 6. The molecule has 1 saturated heterocycles. The number of esters is 1. The molecule has 4 rings (SSSR count). The second-order valence-corrected chi connectivity index (χ2v) is 8.27. The maximum atomic E-state index is 15.0. The fourth-order valence-electron chi connectivity index (χ4n) is 3.64. The predicted octanol–water partition coefficient (Wildman–Crippen LogP) is 0.626. The van der Waals surface area contributed by atoms with Crippen LogP contribution in [0, 0.1) is 5.82 Å². The fourth-order valence-corrected chi connectivity index (χ4v) is 3.64. The zero-order valence-electron chi connectivity index (χ0n) is 21.2. The van der Waals surface area contributed by atoms with Crippen molar-refractivity contribution in [3.63, 3.8) is 0 Å². The molecule has 1 aromatic carbocycles. The molecular weight excluding hydrogens is 557 g/mol. The molecule has 18 heteroatoms. The Bertz CT molecular complexity index is 1370. The van der Waals surface area contributed by atoms with Gasteiger partial charge < -0.3 is 19.9 Å². The van der Waals surface area contributed by atoms with Gasteiger partial charge in [-0.3, -0.25) is 14.5 Å². The predicted molar refractivity (Wildman–Crippen MR) is 134 cm³/mol. The number of carbonyl (C=O) groups excluding carboxylic acids is 4. The molecule has 2 aromatic heterocycles. The lowest BCUT2D eigenvalue weighted by Gasteiger charge is -2.23. The Morgan fingerprint density at radius 2 is 2.08 bits per heavy atom. The molecule has 0 spiro atoms. The quantitative estimate of drug-likeness (QED) is 0.274. The lowest BCUT2D eigenvalue weighted by molar-refractivity contribution is -0.164. The molecule has 3 aromatic rings. The average Bonchev–Trinajstić information content (AvgIpc) is 3.64. The lowest BCUT2D eigenvalue weighted by atomic mass is 10.2. The Hall–Kier alpha value is -4.64. The number of nitrogens with zero attached hydrogens (tertiary/aromatic N) is 8. The minimum atomic E-state index is -1.30. The number of rotatable bonds is 9. The summed E-state index contributed by atoms with van der Waals surface area (Å²) in [5, 5.41) is 11.9. The third-order valence-electron chi connectivity index (χ3n) is 5.41.